The SMILES string of the molecule is N#Cc1ccc(S(=O)(=O)Nc2ccc(Br)c([N+](=O)[O-])c2)s1. The number of anilines is 1. The van der Waals surface area contributed by atoms with E-state index in [9.17, 15) is 18.5 Å². The number of hydrogen-bond donors (Lipinski definition) is 1. The Morgan fingerprint density at radius 1 is 1.33 bits per heavy atom. The van der Waals surface area contributed by atoms with Crippen LogP contribution in [0.2, 0.25) is 0 Å². The third-order valence-corrected chi connectivity index (χ3v) is 5.89. The van der Waals surface area contributed by atoms with Gasteiger partial charge in [-0.2, -0.15) is 5.26 Å². The van der Waals surface area contributed by atoms with Crippen LogP contribution >= 0.6 is 27.3 Å². The van der Waals surface area contributed by atoms with Crippen molar-refractivity contribution in [3.8, 4) is 6.07 Å². The summed E-state index contributed by atoms with van der Waals surface area (Å²) >= 11 is 3.83. The van der Waals surface area contributed by atoms with Gasteiger partial charge in [0.15, 0.2) is 0 Å². The number of thiophene rings is 1. The van der Waals surface area contributed by atoms with E-state index in [1.165, 1.54) is 24.3 Å². The van der Waals surface area contributed by atoms with E-state index >= 15 is 0 Å². The first-order chi connectivity index (χ1) is 9.83. The van der Waals surface area contributed by atoms with Gasteiger partial charge in [-0.05, 0) is 40.2 Å². The van der Waals surface area contributed by atoms with E-state index in [1.807, 2.05) is 6.07 Å². The van der Waals surface area contributed by atoms with Crippen LogP contribution in [0.4, 0.5) is 11.4 Å². The van der Waals surface area contributed by atoms with E-state index < -0.39 is 14.9 Å². The predicted octanol–water partition coefficient (Wildman–Crippen LogP) is 3.09. The summed E-state index contributed by atoms with van der Waals surface area (Å²) in [5.74, 6) is 0. The van der Waals surface area contributed by atoms with Crippen LogP contribution in [0.3, 0.4) is 0 Å². The molecule has 0 spiro atoms. The largest absolute Gasteiger partial charge is 0.285 e. The Bertz CT molecular complexity index is 855. The smallest absolute Gasteiger partial charge is 0.279 e. The van der Waals surface area contributed by atoms with Crippen molar-refractivity contribution in [2.45, 2.75) is 4.21 Å². The van der Waals surface area contributed by atoms with Gasteiger partial charge in [-0.15, -0.1) is 11.3 Å². The monoisotopic (exact) mass is 387 g/mol. The van der Waals surface area contributed by atoms with Gasteiger partial charge in [0.05, 0.1) is 15.1 Å². The van der Waals surface area contributed by atoms with Gasteiger partial charge >= 0.3 is 0 Å². The van der Waals surface area contributed by atoms with E-state index in [-0.39, 0.29) is 24.9 Å². The summed E-state index contributed by atoms with van der Waals surface area (Å²) in [5, 5.41) is 19.5. The minimum absolute atomic E-state index is 0.0374. The molecule has 1 aromatic carbocycles. The number of benzene rings is 1. The van der Waals surface area contributed by atoms with Gasteiger partial charge < -0.3 is 0 Å². The first-order valence-corrected chi connectivity index (χ1v) is 8.39. The van der Waals surface area contributed by atoms with E-state index in [4.69, 9.17) is 5.26 Å². The van der Waals surface area contributed by atoms with Crippen molar-refractivity contribution < 1.29 is 13.3 Å². The second-order valence-electron chi connectivity index (χ2n) is 3.76. The Balaban J connectivity index is 2.35. The summed E-state index contributed by atoms with van der Waals surface area (Å²) in [7, 11) is -3.88. The minimum Gasteiger partial charge on any atom is -0.279 e. The van der Waals surface area contributed by atoms with E-state index in [2.05, 4.69) is 20.7 Å². The molecule has 0 bridgehead atoms. The van der Waals surface area contributed by atoms with Gasteiger partial charge in [0.1, 0.15) is 15.2 Å². The van der Waals surface area contributed by atoms with Crippen LogP contribution in [0.25, 0.3) is 0 Å². The summed E-state index contributed by atoms with van der Waals surface area (Å²) in [6.45, 7) is 0. The van der Waals surface area contributed by atoms with Gasteiger partial charge in [0.2, 0.25) is 0 Å². The van der Waals surface area contributed by atoms with Crippen molar-refractivity contribution in [1.82, 2.24) is 0 Å². The number of halogens is 1. The molecule has 0 amide bonds. The van der Waals surface area contributed by atoms with Crippen LogP contribution in [0.15, 0.2) is 39.0 Å². The van der Waals surface area contributed by atoms with Gasteiger partial charge in [-0.3, -0.25) is 14.8 Å². The topological polar surface area (TPSA) is 113 Å². The van der Waals surface area contributed by atoms with Crippen LogP contribution in [-0.4, -0.2) is 13.3 Å². The number of nitrogens with one attached hydrogen (secondary N) is 1. The highest BCUT2D eigenvalue weighted by Gasteiger charge is 2.19. The standard InChI is InChI=1S/C11H6BrN3O4S2/c12-9-3-1-7(5-10(9)15(16)17)14-21(18,19)11-4-2-8(6-13)20-11/h1-5,14H. The van der Waals surface area contributed by atoms with E-state index in [1.54, 1.807) is 0 Å². The lowest BCUT2D eigenvalue weighted by molar-refractivity contribution is -0.385. The fourth-order valence-electron chi connectivity index (χ4n) is 1.45. The molecule has 0 aliphatic rings. The Kier molecular flexibility index (Phi) is 4.26. The normalized spacial score (nSPS) is 10.9. The molecule has 1 N–H and O–H groups in total. The predicted molar refractivity (Wildman–Crippen MR) is 80.6 cm³/mol. The summed E-state index contributed by atoms with van der Waals surface area (Å²) in [6.07, 6.45) is 0. The summed E-state index contributed by atoms with van der Waals surface area (Å²) in [6, 6.07) is 8.43. The maximum Gasteiger partial charge on any atom is 0.285 e. The summed E-state index contributed by atoms with van der Waals surface area (Å²) in [4.78, 5) is 10.5. The Labute approximate surface area is 132 Å². The highest BCUT2D eigenvalue weighted by Crippen LogP contribution is 2.30. The molecule has 7 nitrogen and oxygen atoms in total. The molecule has 0 saturated heterocycles. The van der Waals surface area contributed by atoms with Crippen LogP contribution in [0.1, 0.15) is 4.88 Å². The zero-order valence-electron chi connectivity index (χ0n) is 10.1. The van der Waals surface area contributed by atoms with Gasteiger partial charge in [0.25, 0.3) is 15.7 Å². The third-order valence-electron chi connectivity index (χ3n) is 2.35. The quantitative estimate of drug-likeness (QED) is 0.639. The van der Waals surface area contributed by atoms with Crippen LogP contribution < -0.4 is 4.72 Å². The number of nitriles is 1. The zero-order chi connectivity index (χ0) is 15.6. The lowest BCUT2D eigenvalue weighted by Gasteiger charge is -2.06. The molecule has 0 aliphatic heterocycles. The molecule has 0 saturated carbocycles. The number of sulfonamides is 1. The molecule has 21 heavy (non-hydrogen) atoms. The van der Waals surface area contributed by atoms with Crippen LogP contribution in [0.5, 0.6) is 0 Å². The first kappa shape index (κ1) is 15.4. The lowest BCUT2D eigenvalue weighted by atomic mass is 10.3. The molecule has 0 fully saturated rings. The number of hydrogen-bond acceptors (Lipinski definition) is 6. The van der Waals surface area contributed by atoms with Crippen molar-refractivity contribution in [2.24, 2.45) is 0 Å². The number of nitro benzene ring substituents is 1. The highest BCUT2D eigenvalue weighted by molar-refractivity contribution is 9.10. The van der Waals surface area contributed by atoms with Crippen molar-refractivity contribution >= 4 is 48.7 Å². The molecular formula is C11H6BrN3O4S2. The lowest BCUT2D eigenvalue weighted by Crippen LogP contribution is -2.11. The number of nitrogens with zero attached hydrogens (tertiary/aromatic N) is 2. The van der Waals surface area contributed by atoms with Crippen molar-refractivity contribution in [3.05, 3.63) is 49.8 Å². The molecule has 1 aromatic heterocycles. The Morgan fingerprint density at radius 2 is 2.05 bits per heavy atom. The summed E-state index contributed by atoms with van der Waals surface area (Å²) < 4.78 is 26.7. The maximum absolute atomic E-state index is 12.1. The molecule has 2 rings (SSSR count). The van der Waals surface area contributed by atoms with Crippen molar-refractivity contribution in [2.75, 3.05) is 4.72 Å². The van der Waals surface area contributed by atoms with Gasteiger partial charge in [-0.1, -0.05) is 0 Å². The second kappa shape index (κ2) is 5.80. The average Bonchev–Trinajstić information content (AvgIpc) is 2.90. The zero-order valence-corrected chi connectivity index (χ0v) is 13.3. The minimum atomic E-state index is -3.88. The Hall–Kier alpha value is -1.96. The van der Waals surface area contributed by atoms with E-state index in [0.29, 0.717) is 0 Å². The molecule has 0 unspecified atom stereocenters. The third kappa shape index (κ3) is 3.38. The summed E-state index contributed by atoms with van der Waals surface area (Å²) in [5.41, 5.74) is -0.184. The maximum atomic E-state index is 12.1. The molecule has 0 aliphatic carbocycles. The van der Waals surface area contributed by atoms with Crippen LogP contribution in [0, 0.1) is 21.4 Å². The second-order valence-corrected chi connectivity index (χ2v) is 7.61. The molecular weight excluding hydrogens is 382 g/mol. The number of rotatable bonds is 4. The Morgan fingerprint density at radius 3 is 2.62 bits per heavy atom. The molecule has 0 atom stereocenters. The van der Waals surface area contributed by atoms with Crippen molar-refractivity contribution in [3.63, 3.8) is 0 Å². The fraction of sp³-hybridized carbons (Fsp3) is 0. The highest BCUT2D eigenvalue weighted by atomic mass is 79.9. The van der Waals surface area contributed by atoms with Crippen molar-refractivity contribution in [1.29, 1.82) is 5.26 Å². The molecule has 108 valence electrons. The first-order valence-electron chi connectivity index (χ1n) is 5.30. The number of nitro groups is 1. The van der Waals surface area contributed by atoms with E-state index in [0.717, 1.165) is 17.4 Å². The molecule has 10 heteroatoms. The van der Waals surface area contributed by atoms with Gasteiger partial charge in [0, 0.05) is 6.07 Å². The molecule has 1 heterocycles. The van der Waals surface area contributed by atoms with Crippen LogP contribution in [-0.2, 0) is 10.0 Å². The average molecular weight is 388 g/mol. The van der Waals surface area contributed by atoms with Gasteiger partial charge in [-0.25, -0.2) is 8.42 Å². The molecule has 0 radical (unpaired) electrons. The fourth-order valence-corrected chi connectivity index (χ4v) is 3.99. The molecule has 2 aromatic rings.